The number of rotatable bonds is 2. The SMILES string of the molecule is Nc1nc2c(ncn2[C@@H]2O[C@@H]3COP(=O)(O)O[C@@H]4[C@@H](OCP(=O)(O)O[C@@H]2C3)O[C@@H](n2cnc3c(N)ncnc32)[C@@H]4O)c(=O)[nH]1. The summed E-state index contributed by atoms with van der Waals surface area (Å²) in [6.07, 6.45) is -7.33. The molecule has 8 N–H and O–H groups in total. The molecule has 0 radical (unpaired) electrons. The Labute approximate surface area is 244 Å². The number of nitrogens with two attached hydrogens (primary N) is 2. The molecule has 4 aromatic rings. The number of aromatic amines is 1. The van der Waals surface area contributed by atoms with Crippen LogP contribution in [-0.4, -0.2) is 97.6 Å². The Balaban J connectivity index is 1.19. The lowest BCUT2D eigenvalue weighted by Gasteiger charge is -2.26. The fourth-order valence-corrected chi connectivity index (χ4v) is 7.17. The normalized spacial score (nSPS) is 36.6. The Morgan fingerprint density at radius 1 is 0.977 bits per heavy atom. The Kier molecular flexibility index (Phi) is 7.06. The maximum Gasteiger partial charge on any atom is 0.472 e. The molecule has 9 atom stereocenters. The average molecular weight is 658 g/mol. The highest BCUT2D eigenvalue weighted by Crippen LogP contribution is 2.53. The Morgan fingerprint density at radius 3 is 2.52 bits per heavy atom. The second-order valence-corrected chi connectivity index (χ2v) is 13.2. The Hall–Kier alpha value is -3.40. The zero-order valence-corrected chi connectivity index (χ0v) is 23.9. The summed E-state index contributed by atoms with van der Waals surface area (Å²) in [6, 6.07) is 0. The van der Waals surface area contributed by atoms with Gasteiger partial charge in [-0.25, -0.2) is 24.5 Å². The number of hydrogen-bond acceptors (Lipinski definition) is 17. The van der Waals surface area contributed by atoms with Gasteiger partial charge in [0.2, 0.25) is 5.95 Å². The first-order valence-corrected chi connectivity index (χ1v) is 16.1. The van der Waals surface area contributed by atoms with Crippen molar-refractivity contribution >= 4 is 49.5 Å². The third-order valence-corrected chi connectivity index (χ3v) is 9.14. The van der Waals surface area contributed by atoms with Gasteiger partial charge in [-0.05, 0) is 0 Å². The molecule has 24 heteroatoms. The molecule has 236 valence electrons. The van der Waals surface area contributed by atoms with Crippen LogP contribution in [0.15, 0.2) is 23.8 Å². The van der Waals surface area contributed by atoms with Crippen molar-refractivity contribution in [1.29, 1.82) is 0 Å². The van der Waals surface area contributed by atoms with Crippen LogP contribution in [0.1, 0.15) is 18.9 Å². The second kappa shape index (κ2) is 10.6. The van der Waals surface area contributed by atoms with Crippen LogP contribution in [0, 0.1) is 0 Å². The number of ether oxygens (including phenoxy) is 3. The first-order valence-electron chi connectivity index (χ1n) is 12.8. The standard InChI is InChI=1S/C20H24N10O12P2/c21-13-9-14(24-3-23-13)29(4-25-9)18-11(31)12-19(40-18)37-6-43(33,34)41-8-1-7(2-38-44(35,36)42-12)39-17(8)30-5-26-10-15(30)27-20(22)28-16(10)32/h3-5,7-8,11-12,17-19,31H,1-2,6H2,(H,33,34)(H,35,36)(H2,21,23,24)(H3,22,27,28,32)/t7-,8+,11+,12-,17+,18+,19-/m0/s1. The van der Waals surface area contributed by atoms with E-state index in [0.29, 0.717) is 0 Å². The number of nitrogens with zero attached hydrogens (tertiary/aromatic N) is 7. The first kappa shape index (κ1) is 29.3. The molecule has 2 unspecified atom stereocenters. The minimum Gasteiger partial charge on any atom is -0.385 e. The summed E-state index contributed by atoms with van der Waals surface area (Å²) in [6.45, 7) is -0.552. The van der Waals surface area contributed by atoms with E-state index in [2.05, 4.69) is 29.9 Å². The number of aliphatic hydroxyl groups excluding tert-OH is 1. The van der Waals surface area contributed by atoms with Crippen molar-refractivity contribution in [1.82, 2.24) is 39.0 Å². The molecular weight excluding hydrogens is 634 g/mol. The van der Waals surface area contributed by atoms with Gasteiger partial charge in [0.05, 0.1) is 25.4 Å². The monoisotopic (exact) mass is 658 g/mol. The van der Waals surface area contributed by atoms with Gasteiger partial charge in [0.25, 0.3) is 5.56 Å². The number of aromatic nitrogens is 8. The molecule has 2 bridgehead atoms. The van der Waals surface area contributed by atoms with Gasteiger partial charge in [-0.15, -0.1) is 0 Å². The van der Waals surface area contributed by atoms with Gasteiger partial charge in [0.1, 0.15) is 24.1 Å². The lowest BCUT2D eigenvalue weighted by atomic mass is 10.2. The maximum absolute atomic E-state index is 13.2. The summed E-state index contributed by atoms with van der Waals surface area (Å²) in [4.78, 5) is 56.0. The maximum atomic E-state index is 13.2. The summed E-state index contributed by atoms with van der Waals surface area (Å²) in [7, 11) is -9.59. The van der Waals surface area contributed by atoms with E-state index in [4.69, 9.17) is 39.2 Å². The van der Waals surface area contributed by atoms with Crippen LogP contribution in [0.2, 0.25) is 0 Å². The molecule has 3 saturated heterocycles. The van der Waals surface area contributed by atoms with Crippen LogP contribution < -0.4 is 17.0 Å². The molecule has 22 nitrogen and oxygen atoms in total. The quantitative estimate of drug-likeness (QED) is 0.136. The highest BCUT2D eigenvalue weighted by molar-refractivity contribution is 7.52. The molecule has 3 fully saturated rings. The predicted octanol–water partition coefficient (Wildman–Crippen LogP) is -1.31. The van der Waals surface area contributed by atoms with E-state index < -0.39 is 77.1 Å². The van der Waals surface area contributed by atoms with E-state index >= 15 is 0 Å². The van der Waals surface area contributed by atoms with Crippen molar-refractivity contribution < 1.29 is 51.8 Å². The number of nitrogens with one attached hydrogen (secondary N) is 1. The van der Waals surface area contributed by atoms with Crippen molar-refractivity contribution in [3.8, 4) is 0 Å². The van der Waals surface area contributed by atoms with E-state index in [1.54, 1.807) is 0 Å². The van der Waals surface area contributed by atoms with Gasteiger partial charge in [-0.2, -0.15) is 4.98 Å². The van der Waals surface area contributed by atoms with E-state index in [1.165, 1.54) is 21.8 Å². The number of anilines is 2. The van der Waals surface area contributed by atoms with Gasteiger partial charge in [0, 0.05) is 6.42 Å². The summed E-state index contributed by atoms with van der Waals surface area (Å²) >= 11 is 0. The topological polar surface area (TPSA) is 309 Å². The van der Waals surface area contributed by atoms with Crippen LogP contribution in [0.5, 0.6) is 0 Å². The van der Waals surface area contributed by atoms with Crippen molar-refractivity contribution in [3.63, 3.8) is 0 Å². The zero-order valence-electron chi connectivity index (χ0n) is 22.1. The van der Waals surface area contributed by atoms with E-state index in [9.17, 15) is 28.8 Å². The van der Waals surface area contributed by atoms with Crippen LogP contribution in [0.25, 0.3) is 22.3 Å². The Morgan fingerprint density at radius 2 is 1.73 bits per heavy atom. The molecule has 4 aromatic heterocycles. The number of hydrogen-bond donors (Lipinski definition) is 6. The minimum absolute atomic E-state index is 0.00556. The number of phosphoric ester groups is 1. The molecule has 3 aliphatic rings. The molecule has 0 spiro atoms. The number of aliphatic hydroxyl groups is 1. The molecule has 0 saturated carbocycles. The summed E-state index contributed by atoms with van der Waals surface area (Å²) in [5, 5.41) is 11.1. The van der Waals surface area contributed by atoms with Gasteiger partial charge in [-0.3, -0.25) is 37.0 Å². The number of nitrogen functional groups attached to an aromatic ring is 2. The minimum atomic E-state index is -4.95. The third kappa shape index (κ3) is 5.18. The van der Waals surface area contributed by atoms with E-state index in [-0.39, 0.29) is 40.5 Å². The molecule has 7 heterocycles. The number of imidazole rings is 2. The molecule has 0 aliphatic carbocycles. The highest BCUT2D eigenvalue weighted by atomic mass is 31.2. The van der Waals surface area contributed by atoms with Crippen molar-refractivity contribution in [2.75, 3.05) is 24.4 Å². The van der Waals surface area contributed by atoms with Crippen molar-refractivity contribution in [3.05, 3.63) is 29.3 Å². The molecule has 7 rings (SSSR count). The predicted molar refractivity (Wildman–Crippen MR) is 142 cm³/mol. The van der Waals surface area contributed by atoms with Crippen LogP contribution in [0.4, 0.5) is 11.8 Å². The van der Waals surface area contributed by atoms with Crippen molar-refractivity contribution in [2.24, 2.45) is 0 Å². The smallest absolute Gasteiger partial charge is 0.385 e. The largest absolute Gasteiger partial charge is 0.472 e. The number of H-pyrrole nitrogens is 1. The van der Waals surface area contributed by atoms with Gasteiger partial charge in [-0.1, -0.05) is 0 Å². The summed E-state index contributed by atoms with van der Waals surface area (Å²) in [5.74, 6) is -0.166. The van der Waals surface area contributed by atoms with Crippen LogP contribution in [0.3, 0.4) is 0 Å². The highest BCUT2D eigenvalue weighted by Gasteiger charge is 2.52. The second-order valence-electron chi connectivity index (χ2n) is 10.0. The average Bonchev–Trinajstić information content (AvgIpc) is 3.72. The molecule has 0 amide bonds. The third-order valence-electron chi connectivity index (χ3n) is 7.08. The lowest BCUT2D eigenvalue weighted by Crippen LogP contribution is -2.35. The molecule has 44 heavy (non-hydrogen) atoms. The molecular formula is C20H24N10O12P2. The number of phosphoric acid groups is 1. The molecule has 3 aliphatic heterocycles. The summed E-state index contributed by atoms with van der Waals surface area (Å²) in [5.41, 5.74) is 11.1. The van der Waals surface area contributed by atoms with Gasteiger partial charge >= 0.3 is 15.4 Å². The Bertz CT molecular complexity index is 1900. The lowest BCUT2D eigenvalue weighted by molar-refractivity contribution is -0.167. The van der Waals surface area contributed by atoms with E-state index in [1.807, 2.05) is 0 Å². The van der Waals surface area contributed by atoms with Crippen LogP contribution >= 0.6 is 15.4 Å². The fraction of sp³-hybridized carbons (Fsp3) is 0.500. The van der Waals surface area contributed by atoms with Gasteiger partial charge in [0.15, 0.2) is 53.8 Å². The van der Waals surface area contributed by atoms with Crippen LogP contribution in [-0.2, 0) is 36.9 Å². The van der Waals surface area contributed by atoms with Crippen molar-refractivity contribution in [2.45, 2.75) is 49.6 Å². The summed E-state index contributed by atoms with van der Waals surface area (Å²) < 4.78 is 62.0. The first-order chi connectivity index (χ1) is 20.9. The fourth-order valence-electron chi connectivity index (χ4n) is 5.21. The zero-order chi connectivity index (χ0) is 31.0. The van der Waals surface area contributed by atoms with E-state index in [0.717, 1.165) is 6.33 Å². The number of fused-ring (bicyclic) bond motifs is 5. The van der Waals surface area contributed by atoms with Gasteiger partial charge < -0.3 is 40.6 Å². The molecule has 0 aromatic carbocycles.